The second-order valence-electron chi connectivity index (χ2n) is 3.10. The van der Waals surface area contributed by atoms with E-state index in [4.69, 9.17) is 9.90 Å². The van der Waals surface area contributed by atoms with E-state index in [0.29, 0.717) is 0 Å². The van der Waals surface area contributed by atoms with Crippen LogP contribution in [0, 0.1) is 0 Å². The van der Waals surface area contributed by atoms with Crippen LogP contribution in [0.1, 0.15) is 34.6 Å². The third kappa shape index (κ3) is 24.5. The monoisotopic (exact) mass is 279 g/mol. The molecule has 0 fully saturated rings. The van der Waals surface area contributed by atoms with Gasteiger partial charge in [0.2, 0.25) is 0 Å². The first-order valence-electron chi connectivity index (χ1n) is 5.00. The van der Waals surface area contributed by atoms with Crippen molar-refractivity contribution in [3.63, 3.8) is 0 Å². The van der Waals surface area contributed by atoms with E-state index in [1.807, 2.05) is 0 Å². The number of carboxylic acid groups (broad SMARTS) is 1. The van der Waals surface area contributed by atoms with Gasteiger partial charge >= 0.3 is 0 Å². The summed E-state index contributed by atoms with van der Waals surface area (Å²) in [5, 5.41) is 8.89. The smallest absolute Gasteiger partial charge is 0.0757 e. The van der Waals surface area contributed by atoms with Crippen LogP contribution in [0.3, 0.4) is 0 Å². The topological polar surface area (TPSA) is 198 Å². The number of carbonyl (C=O) groups excluding carboxylic acids is 1. The van der Waals surface area contributed by atoms with Crippen LogP contribution in [0.15, 0.2) is 0 Å². The molecule has 0 saturated carbocycles. The summed E-state index contributed by atoms with van der Waals surface area (Å²) in [5.74, 6) is -1.08. The van der Waals surface area contributed by atoms with Gasteiger partial charge in [-0.1, -0.05) is 0 Å². The fourth-order valence-corrected chi connectivity index (χ4v) is 1.34. The van der Waals surface area contributed by atoms with Crippen molar-refractivity contribution in [2.24, 2.45) is 0 Å². The maximum Gasteiger partial charge on any atom is 0.0757 e. The molecule has 0 unspecified atom stereocenters. The first-order chi connectivity index (χ1) is 5.97. The molecule has 0 radical (unpaired) electrons. The molecule has 8 heteroatoms. The Kier molecular flexibility index (Phi) is 60.6. The van der Waals surface area contributed by atoms with Gasteiger partial charge < -0.3 is 41.8 Å². The molecule has 0 saturated heterocycles. The van der Waals surface area contributed by atoms with E-state index in [1.54, 1.807) is 0 Å². The van der Waals surface area contributed by atoms with Gasteiger partial charge in [0, 0.05) is 5.97 Å². The van der Waals surface area contributed by atoms with Gasteiger partial charge in [-0.25, -0.2) is 0 Å². The van der Waals surface area contributed by atoms with Crippen LogP contribution in [-0.4, -0.2) is 64.0 Å². The number of rotatable bonds is 4. The molecule has 0 aliphatic carbocycles. The van der Waals surface area contributed by atoms with Gasteiger partial charge in [-0.3, -0.25) is 0 Å². The lowest BCUT2D eigenvalue weighted by molar-refractivity contribution is -0.921. The van der Waals surface area contributed by atoms with Crippen molar-refractivity contribution < 1.29 is 41.8 Å². The lowest BCUT2D eigenvalue weighted by Gasteiger charge is -2.34. The minimum absolute atomic E-state index is 0. The van der Waals surface area contributed by atoms with Gasteiger partial charge in [0.25, 0.3) is 0 Å². The molecule has 0 aromatic rings. The largest absolute Gasteiger partial charge is 0.550 e. The summed E-state index contributed by atoms with van der Waals surface area (Å²) in [6, 6.07) is 0. The van der Waals surface area contributed by atoms with Gasteiger partial charge in [0.15, 0.2) is 0 Å². The van der Waals surface area contributed by atoms with Crippen LogP contribution in [0.2, 0.25) is 0 Å². The Bertz CT molecular complexity index is 119. The van der Waals surface area contributed by atoms with Crippen LogP contribution in [0.25, 0.3) is 0 Å². The summed E-state index contributed by atoms with van der Waals surface area (Å²) in [4.78, 5) is 8.89. The molecule has 0 aliphatic heterocycles. The van der Waals surface area contributed by atoms with Crippen molar-refractivity contribution in [3.8, 4) is 0 Å². The highest BCUT2D eigenvalue weighted by molar-refractivity contribution is 5.60. The van der Waals surface area contributed by atoms with Gasteiger partial charge in [-0.15, -0.1) is 0 Å². The van der Waals surface area contributed by atoms with E-state index in [9.17, 15) is 0 Å². The minimum atomic E-state index is -1.08. The fraction of sp³-hybridized carbons (Fsp3) is 0.900. The highest BCUT2D eigenvalue weighted by Crippen LogP contribution is 2.03. The summed E-state index contributed by atoms with van der Waals surface area (Å²) in [7, 11) is 0. The molecule has 0 heterocycles. The van der Waals surface area contributed by atoms with Crippen LogP contribution in [0.5, 0.6) is 0 Å². The zero-order valence-electron chi connectivity index (χ0n) is 12.1. The number of carbonyl (C=O) groups is 1. The van der Waals surface area contributed by atoms with Crippen LogP contribution in [0.4, 0.5) is 0 Å². The second kappa shape index (κ2) is 25.2. The maximum absolute atomic E-state index is 8.89. The van der Waals surface area contributed by atoms with Gasteiger partial charge in [0.1, 0.15) is 0 Å². The Hall–Kier alpha value is -0.770. The Labute approximate surface area is 109 Å². The molecule has 0 spiro atoms. The van der Waals surface area contributed by atoms with Crippen molar-refractivity contribution in [2.75, 3.05) is 26.2 Å². The standard InChI is InChI=1S/C8H20N.C2H4O2.5H2O/c1-5-9(6-2,7-3)8-4;1-2(3)4;;;;;/h5-8H2,1-4H3;1H3,(H,3,4);5*1H2/q+1;;;;;;/p-1. The second-order valence-corrected chi connectivity index (χ2v) is 3.10. The molecule has 0 aliphatic rings. The SMILES string of the molecule is CC(=O)[O-].CC[N+](CC)(CC)CC.O.O.O.O.O. The van der Waals surface area contributed by atoms with Crippen molar-refractivity contribution in [2.45, 2.75) is 34.6 Å². The molecule has 10 N–H and O–H groups in total. The van der Waals surface area contributed by atoms with Gasteiger partial charge in [-0.2, -0.15) is 0 Å². The van der Waals surface area contributed by atoms with E-state index < -0.39 is 5.97 Å². The third-order valence-corrected chi connectivity index (χ3v) is 2.68. The minimum Gasteiger partial charge on any atom is -0.550 e. The molecule has 0 atom stereocenters. The number of hydrogen-bond acceptors (Lipinski definition) is 2. The van der Waals surface area contributed by atoms with Crippen LogP contribution < -0.4 is 5.11 Å². The van der Waals surface area contributed by atoms with Crippen molar-refractivity contribution in [1.82, 2.24) is 0 Å². The summed E-state index contributed by atoms with van der Waals surface area (Å²) in [6.07, 6.45) is 0. The van der Waals surface area contributed by atoms with Crippen molar-refractivity contribution >= 4 is 5.97 Å². The highest BCUT2D eigenvalue weighted by atomic mass is 16.4. The average molecular weight is 279 g/mol. The lowest BCUT2D eigenvalue weighted by Crippen LogP contribution is -2.47. The molecule has 0 bridgehead atoms. The molecular formula is C10H33NO7. The predicted molar refractivity (Wildman–Crippen MR) is 71.2 cm³/mol. The fourth-order valence-electron chi connectivity index (χ4n) is 1.34. The molecule has 0 aromatic carbocycles. The first-order valence-corrected chi connectivity index (χ1v) is 5.00. The lowest BCUT2D eigenvalue weighted by atomic mass is 10.3. The maximum atomic E-state index is 8.89. The number of quaternary nitrogens is 1. The summed E-state index contributed by atoms with van der Waals surface area (Å²) < 4.78 is 1.28. The van der Waals surface area contributed by atoms with Gasteiger partial charge in [0.05, 0.1) is 26.2 Å². The first kappa shape index (κ1) is 43.4. The van der Waals surface area contributed by atoms with E-state index >= 15 is 0 Å². The molecule has 0 rings (SSSR count). The molecule has 8 nitrogen and oxygen atoms in total. The molecule has 18 heavy (non-hydrogen) atoms. The van der Waals surface area contributed by atoms with Gasteiger partial charge in [-0.05, 0) is 34.6 Å². The van der Waals surface area contributed by atoms with Crippen LogP contribution >= 0.6 is 0 Å². The molecule has 0 aromatic heterocycles. The Morgan fingerprint density at radius 2 is 0.889 bits per heavy atom. The molecular weight excluding hydrogens is 246 g/mol. The zero-order chi connectivity index (χ0) is 10.9. The Morgan fingerprint density at radius 1 is 0.778 bits per heavy atom. The van der Waals surface area contributed by atoms with Crippen LogP contribution in [-0.2, 0) is 4.79 Å². The predicted octanol–water partition coefficient (Wildman–Crippen LogP) is -3.48. The van der Waals surface area contributed by atoms with E-state index in [2.05, 4.69) is 27.7 Å². The zero-order valence-corrected chi connectivity index (χ0v) is 12.1. The van der Waals surface area contributed by atoms with E-state index in [-0.39, 0.29) is 27.4 Å². The number of carboxylic acids is 1. The Balaban J connectivity index is -0.0000000243. The quantitative estimate of drug-likeness (QED) is 0.481. The highest BCUT2D eigenvalue weighted by Gasteiger charge is 2.16. The molecule has 0 amide bonds. The summed E-state index contributed by atoms with van der Waals surface area (Å²) in [6.45, 7) is 15.2. The Morgan fingerprint density at radius 3 is 0.889 bits per heavy atom. The molecule has 120 valence electrons. The third-order valence-electron chi connectivity index (χ3n) is 2.68. The summed E-state index contributed by atoms with van der Waals surface area (Å²) >= 11 is 0. The average Bonchev–Trinajstić information content (AvgIpc) is 2.09. The summed E-state index contributed by atoms with van der Waals surface area (Å²) in [5.41, 5.74) is 0. The number of nitrogens with zero attached hydrogens (tertiary/aromatic N) is 1. The van der Waals surface area contributed by atoms with Crippen molar-refractivity contribution in [1.29, 1.82) is 0 Å². The van der Waals surface area contributed by atoms with Crippen molar-refractivity contribution in [3.05, 3.63) is 0 Å². The van der Waals surface area contributed by atoms with E-state index in [1.165, 1.54) is 30.7 Å². The number of aliphatic carboxylic acids is 1. The number of hydrogen-bond donors (Lipinski definition) is 0. The van der Waals surface area contributed by atoms with E-state index in [0.717, 1.165) is 6.92 Å². The normalized spacial score (nSPS) is 7.39.